The van der Waals surface area contributed by atoms with E-state index >= 15 is 0 Å². The van der Waals surface area contributed by atoms with Crippen molar-refractivity contribution < 1.29 is 4.42 Å². The van der Waals surface area contributed by atoms with Gasteiger partial charge in [-0.05, 0) is 30.0 Å². The smallest absolute Gasteiger partial charge is 0.221 e. The third-order valence-corrected chi connectivity index (χ3v) is 4.24. The molecule has 0 N–H and O–H groups in total. The van der Waals surface area contributed by atoms with E-state index in [9.17, 15) is 4.79 Å². The summed E-state index contributed by atoms with van der Waals surface area (Å²) in [5.74, 6) is 1.34. The van der Waals surface area contributed by atoms with Gasteiger partial charge in [0.05, 0.1) is 0 Å². The number of hydrogen-bond acceptors (Lipinski definition) is 2. The van der Waals surface area contributed by atoms with Gasteiger partial charge < -0.3 is 4.42 Å². The fourth-order valence-electron chi connectivity index (χ4n) is 2.95. The minimum Gasteiger partial charge on any atom is -0.457 e. The van der Waals surface area contributed by atoms with Crippen LogP contribution in [0.3, 0.4) is 0 Å². The van der Waals surface area contributed by atoms with E-state index in [2.05, 4.69) is 26.8 Å². The molecule has 1 aromatic heterocycles. The zero-order valence-electron chi connectivity index (χ0n) is 14.2. The molecule has 0 aliphatic heterocycles. The lowest BCUT2D eigenvalue weighted by atomic mass is 10.0. The van der Waals surface area contributed by atoms with Crippen LogP contribution in [0.5, 0.6) is 0 Å². The van der Waals surface area contributed by atoms with Gasteiger partial charge in [0.1, 0.15) is 5.76 Å². The summed E-state index contributed by atoms with van der Waals surface area (Å²) < 4.78 is 5.86. The van der Waals surface area contributed by atoms with Crippen molar-refractivity contribution in [3.05, 3.63) is 45.8 Å². The average molecular weight is 300 g/mol. The summed E-state index contributed by atoms with van der Waals surface area (Å²) in [7, 11) is 0. The molecule has 0 unspecified atom stereocenters. The Morgan fingerprint density at radius 3 is 2.50 bits per heavy atom. The lowest BCUT2D eigenvalue weighted by Gasteiger charge is -2.02. The van der Waals surface area contributed by atoms with Crippen LogP contribution in [0.2, 0.25) is 0 Å². The second-order valence-electron chi connectivity index (χ2n) is 6.47. The fourth-order valence-corrected chi connectivity index (χ4v) is 2.95. The van der Waals surface area contributed by atoms with Crippen LogP contribution in [0.25, 0.3) is 11.0 Å². The van der Waals surface area contributed by atoms with Crippen LogP contribution in [-0.4, -0.2) is 0 Å². The molecular formula is C20H28O2. The summed E-state index contributed by atoms with van der Waals surface area (Å²) in [6.45, 7) is 6.54. The monoisotopic (exact) mass is 300 g/mol. The highest BCUT2D eigenvalue weighted by atomic mass is 16.3. The fraction of sp³-hybridized carbons (Fsp3) is 0.550. The minimum absolute atomic E-state index is 0.0175. The maximum Gasteiger partial charge on any atom is 0.221 e. The SMILES string of the molecule is CCCCCCCCc1cc2c(C(C)C)cccc(=O)c2o1. The second-order valence-corrected chi connectivity index (χ2v) is 6.47. The van der Waals surface area contributed by atoms with Gasteiger partial charge in [-0.15, -0.1) is 0 Å². The Balaban J connectivity index is 2.12. The van der Waals surface area contributed by atoms with E-state index in [1.54, 1.807) is 6.07 Å². The molecule has 0 fully saturated rings. The molecule has 0 atom stereocenters. The van der Waals surface area contributed by atoms with E-state index in [-0.39, 0.29) is 5.43 Å². The lowest BCUT2D eigenvalue weighted by Crippen LogP contribution is -1.93. The maximum atomic E-state index is 12.1. The Kier molecular flexibility index (Phi) is 6.23. The van der Waals surface area contributed by atoms with Gasteiger partial charge in [-0.1, -0.05) is 65.0 Å². The average Bonchev–Trinajstić information content (AvgIpc) is 2.84. The second kappa shape index (κ2) is 8.17. The zero-order valence-corrected chi connectivity index (χ0v) is 14.2. The summed E-state index contributed by atoms with van der Waals surface area (Å²) in [5.41, 5.74) is 1.70. The molecule has 120 valence electrons. The molecule has 2 nitrogen and oxygen atoms in total. The number of rotatable bonds is 8. The third-order valence-electron chi connectivity index (χ3n) is 4.24. The van der Waals surface area contributed by atoms with Gasteiger partial charge in [0.2, 0.25) is 5.43 Å². The Bertz CT molecular complexity index is 652. The molecule has 0 saturated carbocycles. The summed E-state index contributed by atoms with van der Waals surface area (Å²) >= 11 is 0. The molecule has 2 heteroatoms. The van der Waals surface area contributed by atoms with Crippen molar-refractivity contribution in [1.82, 2.24) is 0 Å². The predicted molar refractivity (Wildman–Crippen MR) is 93.7 cm³/mol. The number of fused-ring (bicyclic) bond motifs is 1. The van der Waals surface area contributed by atoms with Crippen LogP contribution < -0.4 is 5.43 Å². The standard InChI is InChI=1S/C20H28O2/c1-4-5-6-7-8-9-11-16-14-18-17(15(2)3)12-10-13-19(21)20(18)22-16/h10,12-15H,4-9,11H2,1-3H3. The van der Waals surface area contributed by atoms with E-state index in [0.717, 1.165) is 24.0 Å². The van der Waals surface area contributed by atoms with E-state index in [0.29, 0.717) is 11.5 Å². The molecule has 2 aromatic rings. The summed E-state index contributed by atoms with van der Waals surface area (Å²) in [6, 6.07) is 7.56. The highest BCUT2D eigenvalue weighted by Crippen LogP contribution is 2.26. The molecule has 0 aliphatic rings. The largest absolute Gasteiger partial charge is 0.457 e. The van der Waals surface area contributed by atoms with Crippen molar-refractivity contribution in [1.29, 1.82) is 0 Å². The maximum absolute atomic E-state index is 12.1. The Labute approximate surface area is 133 Å². The highest BCUT2D eigenvalue weighted by Gasteiger charge is 2.11. The summed E-state index contributed by atoms with van der Waals surface area (Å²) in [5, 5.41) is 0.992. The van der Waals surface area contributed by atoms with Crippen molar-refractivity contribution in [3.63, 3.8) is 0 Å². The number of furan rings is 1. The molecule has 0 aliphatic carbocycles. The first-order valence-corrected chi connectivity index (χ1v) is 8.69. The molecule has 1 aromatic carbocycles. The minimum atomic E-state index is -0.0175. The normalized spacial score (nSPS) is 11.5. The zero-order chi connectivity index (χ0) is 15.9. The molecule has 1 heterocycles. The van der Waals surface area contributed by atoms with E-state index < -0.39 is 0 Å². The predicted octanol–water partition coefficient (Wildman–Crippen LogP) is 5.82. The quantitative estimate of drug-likeness (QED) is 0.575. The topological polar surface area (TPSA) is 30.2 Å². The number of hydrogen-bond donors (Lipinski definition) is 0. The van der Waals surface area contributed by atoms with Gasteiger partial charge in [-0.25, -0.2) is 0 Å². The summed E-state index contributed by atoms with van der Waals surface area (Å²) in [6.07, 6.45) is 8.56. The number of aryl methyl sites for hydroxylation is 1. The number of unbranched alkanes of at least 4 members (excludes halogenated alkanes) is 5. The van der Waals surface area contributed by atoms with Gasteiger partial charge in [0, 0.05) is 11.8 Å². The van der Waals surface area contributed by atoms with Gasteiger partial charge >= 0.3 is 0 Å². The van der Waals surface area contributed by atoms with Crippen molar-refractivity contribution >= 4 is 11.0 Å². The van der Waals surface area contributed by atoms with E-state index in [1.807, 2.05) is 12.1 Å². The first-order chi connectivity index (χ1) is 10.6. The van der Waals surface area contributed by atoms with Crippen LogP contribution in [-0.2, 0) is 6.42 Å². The Morgan fingerprint density at radius 1 is 1.05 bits per heavy atom. The Hall–Kier alpha value is -1.57. The van der Waals surface area contributed by atoms with Gasteiger partial charge in [0.25, 0.3) is 0 Å². The molecule has 0 bridgehead atoms. The Morgan fingerprint density at radius 2 is 1.77 bits per heavy atom. The van der Waals surface area contributed by atoms with Crippen LogP contribution >= 0.6 is 0 Å². The van der Waals surface area contributed by atoms with Gasteiger partial charge in [0.15, 0.2) is 5.58 Å². The first kappa shape index (κ1) is 16.8. The molecule has 0 radical (unpaired) electrons. The molecule has 0 saturated heterocycles. The van der Waals surface area contributed by atoms with Gasteiger partial charge in [-0.2, -0.15) is 0 Å². The van der Waals surface area contributed by atoms with Crippen LogP contribution in [0.1, 0.15) is 76.5 Å². The van der Waals surface area contributed by atoms with Crippen LogP contribution in [0, 0.1) is 0 Å². The van der Waals surface area contributed by atoms with Crippen LogP contribution in [0.15, 0.2) is 33.5 Å². The van der Waals surface area contributed by atoms with Crippen molar-refractivity contribution in [2.75, 3.05) is 0 Å². The van der Waals surface area contributed by atoms with Crippen molar-refractivity contribution in [2.45, 2.75) is 71.6 Å². The molecule has 2 rings (SSSR count). The molecule has 22 heavy (non-hydrogen) atoms. The first-order valence-electron chi connectivity index (χ1n) is 8.69. The molecule has 0 spiro atoms. The summed E-state index contributed by atoms with van der Waals surface area (Å²) in [4.78, 5) is 12.1. The van der Waals surface area contributed by atoms with Crippen LogP contribution in [0.4, 0.5) is 0 Å². The van der Waals surface area contributed by atoms with Crippen molar-refractivity contribution in [3.8, 4) is 0 Å². The van der Waals surface area contributed by atoms with Crippen molar-refractivity contribution in [2.24, 2.45) is 0 Å². The molecular weight excluding hydrogens is 272 g/mol. The highest BCUT2D eigenvalue weighted by molar-refractivity contribution is 5.81. The van der Waals surface area contributed by atoms with E-state index in [1.165, 1.54) is 37.7 Å². The lowest BCUT2D eigenvalue weighted by molar-refractivity contribution is 0.520. The van der Waals surface area contributed by atoms with E-state index in [4.69, 9.17) is 4.42 Å². The van der Waals surface area contributed by atoms with Gasteiger partial charge in [-0.3, -0.25) is 4.79 Å². The molecule has 0 amide bonds. The third kappa shape index (κ3) is 4.22.